The van der Waals surface area contributed by atoms with Gasteiger partial charge in [0.05, 0.1) is 0 Å². The number of halogens is 1. The Morgan fingerprint density at radius 3 is 2.55 bits per heavy atom. The van der Waals surface area contributed by atoms with Gasteiger partial charge in [0, 0.05) is 27.2 Å². The molecule has 152 valence electrons. The Morgan fingerprint density at radius 2 is 1.74 bits per heavy atom. The van der Waals surface area contributed by atoms with Gasteiger partial charge in [-0.1, -0.05) is 48.9 Å². The standard InChI is InChI=1S/C26H19ClN2O2/c1-2-16-9-14-24-23(15-16)29-26(31-24)17-10-12-18(13-11-17)28-25(30)21-7-3-6-20-19(21)5-4-8-22(20)27/h3-15H,2H2,1H3,(H,28,30). The van der Waals surface area contributed by atoms with Crippen molar-refractivity contribution in [3.63, 3.8) is 0 Å². The minimum atomic E-state index is -0.186. The van der Waals surface area contributed by atoms with Gasteiger partial charge in [-0.25, -0.2) is 4.98 Å². The second-order valence-electron chi connectivity index (χ2n) is 7.35. The number of carbonyl (C=O) groups is 1. The number of anilines is 1. The van der Waals surface area contributed by atoms with Crippen LogP contribution in [0.3, 0.4) is 0 Å². The average molecular weight is 427 g/mol. The zero-order valence-corrected chi connectivity index (χ0v) is 17.6. The smallest absolute Gasteiger partial charge is 0.256 e. The van der Waals surface area contributed by atoms with E-state index in [9.17, 15) is 4.79 Å². The molecule has 0 aliphatic heterocycles. The van der Waals surface area contributed by atoms with Gasteiger partial charge in [-0.05, 0) is 65.9 Å². The van der Waals surface area contributed by atoms with E-state index in [2.05, 4.69) is 23.3 Å². The van der Waals surface area contributed by atoms with Gasteiger partial charge in [-0.2, -0.15) is 0 Å². The van der Waals surface area contributed by atoms with Crippen LogP contribution in [0.5, 0.6) is 0 Å². The SMILES string of the molecule is CCc1ccc2oc(-c3ccc(NC(=O)c4cccc5c(Cl)cccc45)cc3)nc2c1. The fourth-order valence-corrected chi connectivity index (χ4v) is 3.92. The molecule has 1 heterocycles. The monoisotopic (exact) mass is 426 g/mol. The van der Waals surface area contributed by atoms with Crippen molar-refractivity contribution in [2.75, 3.05) is 5.32 Å². The lowest BCUT2D eigenvalue weighted by atomic mass is 10.0. The summed E-state index contributed by atoms with van der Waals surface area (Å²) in [5.41, 5.74) is 4.96. The van der Waals surface area contributed by atoms with Crippen LogP contribution in [0.1, 0.15) is 22.8 Å². The van der Waals surface area contributed by atoms with E-state index in [1.54, 1.807) is 6.07 Å². The molecule has 1 aromatic heterocycles. The quantitative estimate of drug-likeness (QED) is 0.333. The molecule has 0 radical (unpaired) electrons. The number of oxazole rings is 1. The van der Waals surface area contributed by atoms with Gasteiger partial charge in [-0.3, -0.25) is 4.79 Å². The molecule has 0 aliphatic rings. The minimum Gasteiger partial charge on any atom is -0.436 e. The van der Waals surface area contributed by atoms with Gasteiger partial charge >= 0.3 is 0 Å². The number of aryl methyl sites for hydroxylation is 1. The van der Waals surface area contributed by atoms with Crippen molar-refractivity contribution in [3.05, 3.63) is 95.0 Å². The highest BCUT2D eigenvalue weighted by molar-refractivity contribution is 6.36. The normalized spacial score (nSPS) is 11.2. The number of carbonyl (C=O) groups excluding carboxylic acids is 1. The third kappa shape index (κ3) is 3.66. The molecule has 0 saturated carbocycles. The van der Waals surface area contributed by atoms with Gasteiger partial charge in [0.15, 0.2) is 5.58 Å². The summed E-state index contributed by atoms with van der Waals surface area (Å²) < 4.78 is 5.89. The van der Waals surface area contributed by atoms with E-state index in [0.717, 1.165) is 33.9 Å². The first-order valence-corrected chi connectivity index (χ1v) is 10.5. The number of hydrogen-bond donors (Lipinski definition) is 1. The summed E-state index contributed by atoms with van der Waals surface area (Å²) in [6.07, 6.45) is 0.954. The summed E-state index contributed by atoms with van der Waals surface area (Å²) in [4.78, 5) is 17.5. The Labute approximate surface area is 184 Å². The molecule has 4 aromatic carbocycles. The molecule has 4 nitrogen and oxygen atoms in total. The van der Waals surface area contributed by atoms with Crippen molar-refractivity contribution in [3.8, 4) is 11.5 Å². The van der Waals surface area contributed by atoms with Crippen LogP contribution in [0.2, 0.25) is 5.02 Å². The second kappa shape index (κ2) is 7.89. The fraction of sp³-hybridized carbons (Fsp3) is 0.0769. The van der Waals surface area contributed by atoms with E-state index >= 15 is 0 Å². The van der Waals surface area contributed by atoms with E-state index in [-0.39, 0.29) is 5.91 Å². The number of amides is 1. The van der Waals surface area contributed by atoms with Gasteiger partial charge in [-0.15, -0.1) is 0 Å². The van der Waals surface area contributed by atoms with Gasteiger partial charge < -0.3 is 9.73 Å². The van der Waals surface area contributed by atoms with Crippen LogP contribution in [0.4, 0.5) is 5.69 Å². The Hall–Kier alpha value is -3.63. The molecule has 1 amide bonds. The van der Waals surface area contributed by atoms with Crippen LogP contribution in [0.25, 0.3) is 33.3 Å². The predicted molar refractivity (Wildman–Crippen MR) is 126 cm³/mol. The van der Waals surface area contributed by atoms with Crippen molar-refractivity contribution >= 4 is 45.1 Å². The molecule has 0 aliphatic carbocycles. The van der Waals surface area contributed by atoms with Crippen molar-refractivity contribution in [2.45, 2.75) is 13.3 Å². The molecule has 1 N–H and O–H groups in total. The van der Waals surface area contributed by atoms with E-state index in [1.165, 1.54) is 5.56 Å². The molecule has 0 spiro atoms. The lowest BCUT2D eigenvalue weighted by molar-refractivity contribution is 0.102. The van der Waals surface area contributed by atoms with Gasteiger partial charge in [0.25, 0.3) is 5.91 Å². The number of hydrogen-bond acceptors (Lipinski definition) is 3. The Kier molecular flexibility index (Phi) is 4.92. The highest BCUT2D eigenvalue weighted by Crippen LogP contribution is 2.28. The first kappa shape index (κ1) is 19.3. The highest BCUT2D eigenvalue weighted by atomic mass is 35.5. The second-order valence-corrected chi connectivity index (χ2v) is 7.75. The maximum Gasteiger partial charge on any atom is 0.256 e. The topological polar surface area (TPSA) is 55.1 Å². The van der Waals surface area contributed by atoms with Crippen molar-refractivity contribution in [1.82, 2.24) is 4.98 Å². The molecule has 0 saturated heterocycles. The molecule has 31 heavy (non-hydrogen) atoms. The first-order valence-electron chi connectivity index (χ1n) is 10.1. The predicted octanol–water partition coefficient (Wildman–Crippen LogP) is 7.12. The van der Waals surface area contributed by atoms with Gasteiger partial charge in [0.2, 0.25) is 5.89 Å². The van der Waals surface area contributed by atoms with Gasteiger partial charge in [0.1, 0.15) is 5.52 Å². The molecule has 0 bridgehead atoms. The maximum atomic E-state index is 12.9. The Balaban J connectivity index is 1.40. The summed E-state index contributed by atoms with van der Waals surface area (Å²) >= 11 is 6.27. The van der Waals surface area contributed by atoms with E-state index in [1.807, 2.05) is 66.7 Å². The van der Waals surface area contributed by atoms with Crippen LogP contribution in [-0.4, -0.2) is 10.9 Å². The zero-order valence-electron chi connectivity index (χ0n) is 16.9. The Morgan fingerprint density at radius 1 is 0.968 bits per heavy atom. The van der Waals surface area contributed by atoms with E-state index in [4.69, 9.17) is 16.0 Å². The number of benzene rings is 4. The molecule has 0 unspecified atom stereocenters. The number of aromatic nitrogens is 1. The highest BCUT2D eigenvalue weighted by Gasteiger charge is 2.13. The lowest BCUT2D eigenvalue weighted by Crippen LogP contribution is -2.12. The summed E-state index contributed by atoms with van der Waals surface area (Å²) in [6, 6.07) is 24.6. The summed E-state index contributed by atoms with van der Waals surface area (Å²) in [6.45, 7) is 2.11. The lowest BCUT2D eigenvalue weighted by Gasteiger charge is -2.09. The fourth-order valence-electron chi connectivity index (χ4n) is 3.68. The number of nitrogens with zero attached hydrogens (tertiary/aromatic N) is 1. The van der Waals surface area contributed by atoms with Crippen LogP contribution in [0, 0.1) is 0 Å². The number of fused-ring (bicyclic) bond motifs is 2. The summed E-state index contributed by atoms with van der Waals surface area (Å²) in [5.74, 6) is 0.374. The molecule has 5 aromatic rings. The molecular formula is C26H19ClN2O2. The first-order chi connectivity index (χ1) is 15.1. The molecule has 0 fully saturated rings. The van der Waals surface area contributed by atoms with Crippen LogP contribution < -0.4 is 5.32 Å². The molecule has 0 atom stereocenters. The molecule has 5 rings (SSSR count). The summed E-state index contributed by atoms with van der Waals surface area (Å²) in [7, 11) is 0. The Bertz CT molecular complexity index is 1420. The molecular weight excluding hydrogens is 408 g/mol. The van der Waals surface area contributed by atoms with E-state index in [0.29, 0.717) is 22.2 Å². The van der Waals surface area contributed by atoms with Crippen molar-refractivity contribution in [1.29, 1.82) is 0 Å². The van der Waals surface area contributed by atoms with E-state index < -0.39 is 0 Å². The largest absolute Gasteiger partial charge is 0.436 e. The minimum absolute atomic E-state index is 0.186. The van der Waals surface area contributed by atoms with Crippen LogP contribution >= 0.6 is 11.6 Å². The van der Waals surface area contributed by atoms with Crippen molar-refractivity contribution in [2.24, 2.45) is 0 Å². The van der Waals surface area contributed by atoms with Crippen LogP contribution in [0.15, 0.2) is 83.3 Å². The number of nitrogens with one attached hydrogen (secondary N) is 1. The molecule has 5 heteroatoms. The van der Waals surface area contributed by atoms with Crippen molar-refractivity contribution < 1.29 is 9.21 Å². The average Bonchev–Trinajstić information content (AvgIpc) is 3.23. The van der Waals surface area contributed by atoms with Crippen LogP contribution in [-0.2, 0) is 6.42 Å². The zero-order chi connectivity index (χ0) is 21.4. The third-order valence-corrected chi connectivity index (χ3v) is 5.69. The number of rotatable bonds is 4. The third-order valence-electron chi connectivity index (χ3n) is 5.36. The summed E-state index contributed by atoms with van der Waals surface area (Å²) in [5, 5.41) is 5.26. The maximum absolute atomic E-state index is 12.9.